The lowest BCUT2D eigenvalue weighted by Crippen LogP contribution is -2.55. The Kier molecular flexibility index (Phi) is 4.78. The van der Waals surface area contributed by atoms with Gasteiger partial charge in [0.1, 0.15) is 17.5 Å². The van der Waals surface area contributed by atoms with Crippen molar-refractivity contribution in [2.75, 3.05) is 44.7 Å². The molecule has 0 aromatic heterocycles. The van der Waals surface area contributed by atoms with Crippen molar-refractivity contribution >= 4 is 11.7 Å². The molecule has 7 atom stereocenters. The number of hydrogen-bond acceptors (Lipinski definition) is 6. The number of hydrogen-bond donors (Lipinski definition) is 0. The van der Waals surface area contributed by atoms with Crippen molar-refractivity contribution in [2.24, 2.45) is 23.2 Å². The summed E-state index contributed by atoms with van der Waals surface area (Å²) in [6.07, 6.45) is 4.92. The van der Waals surface area contributed by atoms with Gasteiger partial charge in [-0.15, -0.1) is 0 Å². The number of piperazine rings is 1. The van der Waals surface area contributed by atoms with E-state index in [4.69, 9.17) is 14.2 Å². The molecular formula is C26H36N2O4. The second-order valence-corrected chi connectivity index (χ2v) is 11.0. The fourth-order valence-electron chi connectivity index (χ4n) is 7.78. The van der Waals surface area contributed by atoms with Crippen LogP contribution in [0.25, 0.3) is 0 Å². The van der Waals surface area contributed by atoms with E-state index in [0.29, 0.717) is 5.92 Å². The highest BCUT2D eigenvalue weighted by Crippen LogP contribution is 2.70. The maximum absolute atomic E-state index is 13.0. The van der Waals surface area contributed by atoms with Gasteiger partial charge in [-0.2, -0.15) is 0 Å². The van der Waals surface area contributed by atoms with Gasteiger partial charge in [0.2, 0.25) is 0 Å². The number of benzene rings is 1. The fourth-order valence-corrected chi connectivity index (χ4v) is 7.78. The Balaban J connectivity index is 1.14. The van der Waals surface area contributed by atoms with Gasteiger partial charge in [0, 0.05) is 44.1 Å². The Morgan fingerprint density at radius 2 is 1.97 bits per heavy atom. The molecule has 174 valence electrons. The molecular weight excluding hydrogens is 404 g/mol. The van der Waals surface area contributed by atoms with Crippen molar-refractivity contribution in [2.45, 2.75) is 57.3 Å². The lowest BCUT2D eigenvalue weighted by molar-refractivity contribution is -0.146. The van der Waals surface area contributed by atoms with Gasteiger partial charge >= 0.3 is 5.97 Å². The molecule has 0 amide bonds. The first kappa shape index (κ1) is 20.8. The van der Waals surface area contributed by atoms with Gasteiger partial charge in [-0.05, 0) is 37.3 Å². The quantitative estimate of drug-likeness (QED) is 0.529. The highest BCUT2D eigenvalue weighted by molar-refractivity contribution is 5.76. The number of ether oxygens (including phenoxy) is 3. The molecule has 3 saturated heterocycles. The minimum atomic E-state index is -0.0548. The summed E-state index contributed by atoms with van der Waals surface area (Å²) in [4.78, 5) is 17.8. The lowest BCUT2D eigenvalue weighted by atomic mass is 9.53. The number of nitrogens with zero attached hydrogens (tertiary/aromatic N) is 2. The molecule has 1 aromatic carbocycles. The smallest absolute Gasteiger partial charge is 0.311 e. The van der Waals surface area contributed by atoms with Gasteiger partial charge in [0.25, 0.3) is 0 Å². The standard InChI is InChI=1S/C26H36N2O4/c1-17-7-6-10-25(2)15-21-22(23-26(17,25)32-23)18(24(29)31-21)16-27-11-13-28(14-12-27)19-8-4-5-9-20(19)30-3/h4-5,8-9,17-18,21-23H,6-7,10-16H2,1-3H3/t17-,18+,21+,22+,23-,25+,26-/m0/s1. The molecule has 0 N–H and O–H groups in total. The molecule has 3 heterocycles. The predicted molar refractivity (Wildman–Crippen MR) is 122 cm³/mol. The highest BCUT2D eigenvalue weighted by atomic mass is 16.6. The van der Waals surface area contributed by atoms with E-state index in [0.717, 1.165) is 50.6 Å². The van der Waals surface area contributed by atoms with Crippen molar-refractivity contribution in [1.29, 1.82) is 0 Å². The van der Waals surface area contributed by atoms with Crippen LogP contribution >= 0.6 is 0 Å². The van der Waals surface area contributed by atoms with Gasteiger partial charge in [-0.3, -0.25) is 9.69 Å². The molecule has 0 radical (unpaired) electrons. The maximum atomic E-state index is 13.0. The number of anilines is 1. The predicted octanol–water partition coefficient (Wildman–Crippen LogP) is 3.34. The maximum Gasteiger partial charge on any atom is 0.311 e. The number of fused-ring (bicyclic) bond motifs is 2. The van der Waals surface area contributed by atoms with Crippen molar-refractivity contribution < 1.29 is 19.0 Å². The summed E-state index contributed by atoms with van der Waals surface area (Å²) in [6, 6.07) is 8.22. The Morgan fingerprint density at radius 1 is 1.19 bits per heavy atom. The molecule has 1 spiro atoms. The van der Waals surface area contributed by atoms with Crippen LogP contribution in [0.15, 0.2) is 24.3 Å². The van der Waals surface area contributed by atoms with E-state index in [2.05, 4.69) is 35.8 Å². The molecule has 2 aliphatic carbocycles. The number of carbonyl (C=O) groups is 1. The number of esters is 1. The zero-order valence-corrected chi connectivity index (χ0v) is 19.6. The zero-order valence-electron chi connectivity index (χ0n) is 19.6. The molecule has 0 unspecified atom stereocenters. The van der Waals surface area contributed by atoms with Crippen LogP contribution in [0, 0.1) is 23.2 Å². The van der Waals surface area contributed by atoms with Crippen LogP contribution < -0.4 is 9.64 Å². The molecule has 6 heteroatoms. The Hall–Kier alpha value is -1.79. The van der Waals surface area contributed by atoms with Crippen molar-refractivity contribution in [3.05, 3.63) is 24.3 Å². The van der Waals surface area contributed by atoms with Gasteiger partial charge < -0.3 is 19.1 Å². The molecule has 6 rings (SSSR count). The van der Waals surface area contributed by atoms with Crippen molar-refractivity contribution in [3.63, 3.8) is 0 Å². The van der Waals surface area contributed by atoms with E-state index in [9.17, 15) is 4.79 Å². The number of para-hydroxylation sites is 2. The molecule has 5 fully saturated rings. The third-order valence-electron chi connectivity index (χ3n) is 9.45. The minimum absolute atomic E-state index is 0.00714. The van der Waals surface area contributed by atoms with Crippen LogP contribution in [0.1, 0.15) is 39.5 Å². The third-order valence-corrected chi connectivity index (χ3v) is 9.45. The van der Waals surface area contributed by atoms with Crippen LogP contribution in [0.3, 0.4) is 0 Å². The molecule has 5 aliphatic rings. The topological polar surface area (TPSA) is 54.5 Å². The first-order chi connectivity index (χ1) is 15.5. The summed E-state index contributed by atoms with van der Waals surface area (Å²) in [5, 5.41) is 0. The Labute approximate surface area is 191 Å². The number of rotatable bonds is 4. The van der Waals surface area contributed by atoms with Crippen LogP contribution in [-0.2, 0) is 14.3 Å². The van der Waals surface area contributed by atoms with Crippen LogP contribution in [0.2, 0.25) is 0 Å². The van der Waals surface area contributed by atoms with Gasteiger partial charge in [-0.25, -0.2) is 0 Å². The molecule has 0 bridgehead atoms. The molecule has 1 aromatic rings. The molecule has 32 heavy (non-hydrogen) atoms. The monoisotopic (exact) mass is 440 g/mol. The zero-order chi connectivity index (χ0) is 22.1. The van der Waals surface area contributed by atoms with Crippen LogP contribution in [0.4, 0.5) is 5.69 Å². The summed E-state index contributed by atoms with van der Waals surface area (Å²) < 4.78 is 18.2. The largest absolute Gasteiger partial charge is 0.495 e. The Bertz CT molecular complexity index is 900. The highest BCUT2D eigenvalue weighted by Gasteiger charge is 2.78. The number of methoxy groups -OCH3 is 1. The second-order valence-electron chi connectivity index (χ2n) is 11.0. The van der Waals surface area contributed by atoms with Crippen LogP contribution in [0.5, 0.6) is 5.75 Å². The minimum Gasteiger partial charge on any atom is -0.495 e. The van der Waals surface area contributed by atoms with E-state index in [-0.39, 0.29) is 41.0 Å². The van der Waals surface area contributed by atoms with E-state index in [1.807, 2.05) is 12.1 Å². The van der Waals surface area contributed by atoms with E-state index in [1.165, 1.54) is 19.3 Å². The summed E-state index contributed by atoms with van der Waals surface area (Å²) in [5.74, 6) is 1.68. The SMILES string of the molecule is COc1ccccc1N1CCN(C[C@H]2C(=O)O[C@@H]3C[C@@]4(C)CCC[C@H](C)[C@@]45O[C@H]5[C@@H]32)CC1. The molecule has 6 nitrogen and oxygen atoms in total. The Morgan fingerprint density at radius 3 is 2.75 bits per heavy atom. The summed E-state index contributed by atoms with van der Waals surface area (Å²) in [6.45, 7) is 9.32. The van der Waals surface area contributed by atoms with Crippen LogP contribution in [-0.4, -0.2) is 68.5 Å². The summed E-state index contributed by atoms with van der Waals surface area (Å²) >= 11 is 0. The normalized spacial score (nSPS) is 43.2. The molecule has 2 saturated carbocycles. The van der Waals surface area contributed by atoms with Gasteiger partial charge in [-0.1, -0.05) is 32.4 Å². The number of carbonyl (C=O) groups excluding carboxylic acids is 1. The van der Waals surface area contributed by atoms with E-state index in [1.54, 1.807) is 7.11 Å². The van der Waals surface area contributed by atoms with Gasteiger partial charge in [0.15, 0.2) is 0 Å². The second kappa shape index (κ2) is 7.36. The fraction of sp³-hybridized carbons (Fsp3) is 0.731. The lowest BCUT2D eigenvalue weighted by Gasteiger charge is -2.49. The summed E-state index contributed by atoms with van der Waals surface area (Å²) in [5.41, 5.74) is 1.30. The van der Waals surface area contributed by atoms with Gasteiger partial charge in [0.05, 0.1) is 24.8 Å². The first-order valence-electron chi connectivity index (χ1n) is 12.5. The average molecular weight is 441 g/mol. The number of epoxide rings is 1. The van der Waals surface area contributed by atoms with Crippen molar-refractivity contribution in [1.82, 2.24) is 4.90 Å². The third kappa shape index (κ3) is 2.88. The van der Waals surface area contributed by atoms with E-state index >= 15 is 0 Å². The average Bonchev–Trinajstić information content (AvgIpc) is 3.48. The first-order valence-corrected chi connectivity index (χ1v) is 12.5. The molecule has 3 aliphatic heterocycles. The van der Waals surface area contributed by atoms with E-state index < -0.39 is 0 Å². The van der Waals surface area contributed by atoms with Crippen molar-refractivity contribution in [3.8, 4) is 5.75 Å². The summed E-state index contributed by atoms with van der Waals surface area (Å²) in [7, 11) is 1.73.